The third kappa shape index (κ3) is 3.51. The number of hydrogen-bond acceptors (Lipinski definition) is 3. The van der Waals surface area contributed by atoms with Gasteiger partial charge in [-0.1, -0.05) is 43.1 Å². The zero-order valence-electron chi connectivity index (χ0n) is 14.8. The van der Waals surface area contributed by atoms with Crippen LogP contribution in [-0.2, 0) is 6.42 Å². The van der Waals surface area contributed by atoms with Gasteiger partial charge in [0.2, 0.25) is 0 Å². The summed E-state index contributed by atoms with van der Waals surface area (Å²) in [5.74, 6) is -0.234. The molecule has 0 fully saturated rings. The largest absolute Gasteiger partial charge is 0.352 e. The van der Waals surface area contributed by atoms with E-state index >= 15 is 0 Å². The van der Waals surface area contributed by atoms with Crippen LogP contribution in [0.4, 0.5) is 0 Å². The van der Waals surface area contributed by atoms with E-state index in [1.54, 1.807) is 13.0 Å². The molecular weight excluding hydrogens is 352 g/mol. The fraction of sp³-hybridized carbons (Fsp3) is 0.316. The summed E-state index contributed by atoms with van der Waals surface area (Å²) in [6.07, 6.45) is 3.81. The second-order valence-electron chi connectivity index (χ2n) is 6.20. The van der Waals surface area contributed by atoms with Crippen molar-refractivity contribution in [1.82, 2.24) is 19.9 Å². The summed E-state index contributed by atoms with van der Waals surface area (Å²) in [4.78, 5) is 29.7. The van der Waals surface area contributed by atoms with Crippen molar-refractivity contribution >= 4 is 23.2 Å². The van der Waals surface area contributed by atoms with Crippen molar-refractivity contribution in [2.24, 2.45) is 0 Å². The summed E-state index contributed by atoms with van der Waals surface area (Å²) in [7, 11) is 0. The Morgan fingerprint density at radius 3 is 2.85 bits per heavy atom. The predicted octanol–water partition coefficient (Wildman–Crippen LogP) is 3.11. The average molecular weight is 373 g/mol. The number of amides is 1. The zero-order valence-corrected chi connectivity index (χ0v) is 15.6. The first-order valence-electron chi connectivity index (χ1n) is 8.64. The van der Waals surface area contributed by atoms with Gasteiger partial charge in [0.1, 0.15) is 5.56 Å². The van der Waals surface area contributed by atoms with Crippen LogP contribution in [-0.4, -0.2) is 27.0 Å². The van der Waals surface area contributed by atoms with E-state index in [-0.39, 0.29) is 11.5 Å². The second kappa shape index (κ2) is 7.74. The minimum atomic E-state index is -0.234. The molecule has 0 unspecified atom stereocenters. The minimum Gasteiger partial charge on any atom is -0.352 e. The minimum absolute atomic E-state index is 0.222. The molecule has 0 atom stereocenters. The van der Waals surface area contributed by atoms with Crippen molar-refractivity contribution in [3.8, 4) is 0 Å². The Morgan fingerprint density at radius 1 is 1.35 bits per heavy atom. The first-order chi connectivity index (χ1) is 12.5. The van der Waals surface area contributed by atoms with Gasteiger partial charge in [0.05, 0.1) is 0 Å². The lowest BCUT2D eigenvalue weighted by Gasteiger charge is -2.08. The smallest absolute Gasteiger partial charge is 0.276 e. The van der Waals surface area contributed by atoms with E-state index in [0.717, 1.165) is 18.4 Å². The monoisotopic (exact) mass is 372 g/mol. The van der Waals surface area contributed by atoms with Crippen molar-refractivity contribution in [1.29, 1.82) is 0 Å². The Bertz CT molecular complexity index is 1010. The van der Waals surface area contributed by atoms with Crippen LogP contribution >= 0.6 is 11.6 Å². The predicted molar refractivity (Wildman–Crippen MR) is 102 cm³/mol. The van der Waals surface area contributed by atoms with Crippen molar-refractivity contribution in [2.75, 3.05) is 6.54 Å². The molecule has 0 aliphatic carbocycles. The quantitative estimate of drug-likeness (QED) is 0.652. The fourth-order valence-electron chi connectivity index (χ4n) is 2.83. The van der Waals surface area contributed by atoms with Gasteiger partial charge < -0.3 is 5.32 Å². The number of fused-ring (bicyclic) bond motifs is 1. The van der Waals surface area contributed by atoms with Crippen LogP contribution in [0.5, 0.6) is 0 Å². The SMILES string of the molecule is CCCCNC(=O)c1c[nH]n2c(=O)c(Cc3ccccc3Cl)c(C)nc12. The first kappa shape index (κ1) is 18.2. The van der Waals surface area contributed by atoms with Crippen LogP contribution in [0.25, 0.3) is 5.65 Å². The molecule has 6 nitrogen and oxygen atoms in total. The van der Waals surface area contributed by atoms with E-state index in [1.165, 1.54) is 10.7 Å². The third-order valence-corrected chi connectivity index (χ3v) is 4.72. The number of aromatic amines is 1. The van der Waals surface area contributed by atoms with Crippen LogP contribution in [0.2, 0.25) is 5.02 Å². The number of H-pyrrole nitrogens is 1. The van der Waals surface area contributed by atoms with E-state index in [4.69, 9.17) is 11.6 Å². The number of hydrogen-bond donors (Lipinski definition) is 2. The highest BCUT2D eigenvalue weighted by Gasteiger charge is 2.18. The lowest BCUT2D eigenvalue weighted by atomic mass is 10.0. The molecule has 0 saturated heterocycles. The molecule has 0 bridgehead atoms. The van der Waals surface area contributed by atoms with Crippen molar-refractivity contribution in [3.05, 3.63) is 68.2 Å². The number of nitrogens with one attached hydrogen (secondary N) is 2. The summed E-state index contributed by atoms with van der Waals surface area (Å²) in [5, 5.41) is 6.30. The van der Waals surface area contributed by atoms with Gasteiger partial charge in [0.25, 0.3) is 11.5 Å². The molecule has 7 heteroatoms. The molecule has 3 rings (SSSR count). The van der Waals surface area contributed by atoms with Crippen LogP contribution < -0.4 is 10.9 Å². The van der Waals surface area contributed by atoms with Crippen LogP contribution in [0.1, 0.15) is 46.9 Å². The number of benzene rings is 1. The molecule has 1 amide bonds. The van der Waals surface area contributed by atoms with Crippen molar-refractivity contribution in [3.63, 3.8) is 0 Å². The van der Waals surface area contributed by atoms with Gasteiger partial charge >= 0.3 is 0 Å². The summed E-state index contributed by atoms with van der Waals surface area (Å²) in [6, 6.07) is 7.41. The molecule has 2 N–H and O–H groups in total. The number of nitrogens with zero attached hydrogens (tertiary/aromatic N) is 2. The number of aryl methyl sites for hydroxylation is 1. The van der Waals surface area contributed by atoms with Gasteiger partial charge in [-0.2, -0.15) is 0 Å². The van der Waals surface area contributed by atoms with Gasteiger partial charge in [-0.15, -0.1) is 0 Å². The standard InChI is InChI=1S/C19H21ClN4O2/c1-3-4-9-21-18(25)15-11-22-24-17(15)23-12(2)14(19(24)26)10-13-7-5-6-8-16(13)20/h5-8,11,22H,3-4,9-10H2,1-2H3,(H,21,25). The van der Waals surface area contributed by atoms with Gasteiger partial charge in [-0.05, 0) is 25.0 Å². The highest BCUT2D eigenvalue weighted by molar-refractivity contribution is 6.31. The normalized spacial score (nSPS) is 11.0. The fourth-order valence-corrected chi connectivity index (χ4v) is 3.04. The van der Waals surface area contributed by atoms with Gasteiger partial charge in [-0.3, -0.25) is 14.7 Å². The number of carbonyl (C=O) groups excluding carboxylic acids is 1. The van der Waals surface area contributed by atoms with Crippen molar-refractivity contribution in [2.45, 2.75) is 33.1 Å². The van der Waals surface area contributed by atoms with E-state index in [0.29, 0.717) is 40.5 Å². The highest BCUT2D eigenvalue weighted by Crippen LogP contribution is 2.19. The van der Waals surface area contributed by atoms with Gasteiger partial charge in [0.15, 0.2) is 5.65 Å². The molecule has 136 valence electrons. The number of aromatic nitrogens is 3. The molecule has 1 aromatic carbocycles. The topological polar surface area (TPSA) is 79.3 Å². The number of halogens is 1. The van der Waals surface area contributed by atoms with E-state index < -0.39 is 0 Å². The Morgan fingerprint density at radius 2 is 2.12 bits per heavy atom. The van der Waals surface area contributed by atoms with Crippen LogP contribution in [0.3, 0.4) is 0 Å². The van der Waals surface area contributed by atoms with Gasteiger partial charge in [-0.25, -0.2) is 9.50 Å². The summed E-state index contributed by atoms with van der Waals surface area (Å²) < 4.78 is 1.31. The maximum absolute atomic E-state index is 12.9. The Kier molecular flexibility index (Phi) is 5.42. The second-order valence-corrected chi connectivity index (χ2v) is 6.61. The zero-order chi connectivity index (χ0) is 18.7. The molecule has 0 aliphatic rings. The van der Waals surface area contributed by atoms with Gasteiger partial charge in [0, 0.05) is 35.4 Å². The van der Waals surface area contributed by atoms with E-state index in [9.17, 15) is 9.59 Å². The summed E-state index contributed by atoms with van der Waals surface area (Å²) in [6.45, 7) is 4.43. The van der Waals surface area contributed by atoms with Crippen molar-refractivity contribution < 1.29 is 4.79 Å². The number of carbonyl (C=O) groups is 1. The summed E-state index contributed by atoms with van der Waals surface area (Å²) >= 11 is 6.21. The highest BCUT2D eigenvalue weighted by atomic mass is 35.5. The maximum atomic E-state index is 12.9. The molecule has 2 aromatic heterocycles. The van der Waals surface area contributed by atoms with Crippen LogP contribution in [0.15, 0.2) is 35.3 Å². The molecule has 2 heterocycles. The Labute approximate surface area is 156 Å². The number of unbranched alkanes of at least 4 members (excludes halogenated alkanes) is 1. The molecule has 0 saturated carbocycles. The third-order valence-electron chi connectivity index (χ3n) is 4.35. The maximum Gasteiger partial charge on any atom is 0.276 e. The first-order valence-corrected chi connectivity index (χ1v) is 9.02. The molecule has 0 spiro atoms. The molecular formula is C19H21ClN4O2. The molecule has 0 aliphatic heterocycles. The lowest BCUT2D eigenvalue weighted by Crippen LogP contribution is -2.26. The number of rotatable bonds is 6. The average Bonchev–Trinajstić information content (AvgIpc) is 3.04. The molecule has 26 heavy (non-hydrogen) atoms. The lowest BCUT2D eigenvalue weighted by molar-refractivity contribution is 0.0954. The Balaban J connectivity index is 1.98. The molecule has 0 radical (unpaired) electrons. The van der Waals surface area contributed by atoms with Crippen LogP contribution in [0, 0.1) is 6.92 Å². The molecule has 3 aromatic rings. The van der Waals surface area contributed by atoms with E-state index in [2.05, 4.69) is 22.3 Å². The Hall–Kier alpha value is -2.60. The summed E-state index contributed by atoms with van der Waals surface area (Å²) in [5.41, 5.74) is 2.49. The van der Waals surface area contributed by atoms with E-state index in [1.807, 2.05) is 18.2 Å².